The highest BCUT2D eigenvalue weighted by Gasteiger charge is 2.27. The fraction of sp³-hybridized carbons (Fsp3) is 0.500. The van der Waals surface area contributed by atoms with E-state index in [9.17, 15) is 13.2 Å². The van der Waals surface area contributed by atoms with Gasteiger partial charge in [-0.1, -0.05) is 11.3 Å². The van der Waals surface area contributed by atoms with E-state index in [2.05, 4.69) is 4.98 Å². The van der Waals surface area contributed by atoms with Crippen molar-refractivity contribution in [1.29, 1.82) is 0 Å². The van der Waals surface area contributed by atoms with Gasteiger partial charge in [-0.15, -0.1) is 0 Å². The van der Waals surface area contributed by atoms with Gasteiger partial charge in [0.25, 0.3) is 15.9 Å². The van der Waals surface area contributed by atoms with Crippen molar-refractivity contribution < 1.29 is 18.3 Å². The van der Waals surface area contributed by atoms with Gasteiger partial charge >= 0.3 is 0 Å². The van der Waals surface area contributed by atoms with E-state index in [-0.39, 0.29) is 28.1 Å². The molecule has 0 unspecified atom stereocenters. The lowest BCUT2D eigenvalue weighted by atomic mass is 10.6. The number of aliphatic hydroxyl groups is 1. The van der Waals surface area contributed by atoms with E-state index in [1.54, 1.807) is 0 Å². The lowest BCUT2D eigenvalue weighted by Gasteiger charge is -2.14. The Labute approximate surface area is 103 Å². The van der Waals surface area contributed by atoms with E-state index >= 15 is 0 Å². The van der Waals surface area contributed by atoms with Crippen LogP contribution < -0.4 is 5.73 Å². The molecule has 0 fully saturated rings. The quantitative estimate of drug-likeness (QED) is 0.729. The molecule has 0 aromatic carbocycles. The predicted molar refractivity (Wildman–Crippen MR) is 62.3 cm³/mol. The number of primary amides is 1. The van der Waals surface area contributed by atoms with Crippen molar-refractivity contribution in [3.05, 3.63) is 10.7 Å². The van der Waals surface area contributed by atoms with Crippen LogP contribution in [0.2, 0.25) is 0 Å². The van der Waals surface area contributed by atoms with Crippen LogP contribution in [0.25, 0.3) is 0 Å². The third kappa shape index (κ3) is 2.80. The van der Waals surface area contributed by atoms with Crippen molar-refractivity contribution >= 4 is 27.3 Å². The van der Waals surface area contributed by atoms with Crippen molar-refractivity contribution in [3.63, 3.8) is 0 Å². The number of carbonyl (C=O) groups excluding carboxylic acids is 1. The number of hydrogen-bond donors (Lipinski definition) is 2. The van der Waals surface area contributed by atoms with Gasteiger partial charge in [0.05, 0.1) is 12.3 Å². The molecule has 0 aliphatic rings. The van der Waals surface area contributed by atoms with Crippen LogP contribution in [0.5, 0.6) is 0 Å². The predicted octanol–water partition coefficient (Wildman–Crippen LogP) is -0.837. The second kappa shape index (κ2) is 5.08. The Hall–Kier alpha value is -1.03. The summed E-state index contributed by atoms with van der Waals surface area (Å²) in [5, 5.41) is 8.67. The normalized spacial score (nSPS) is 12.0. The van der Waals surface area contributed by atoms with E-state index in [1.165, 1.54) is 14.0 Å². The summed E-state index contributed by atoms with van der Waals surface area (Å²) in [6.45, 7) is 1.18. The van der Waals surface area contributed by atoms with Crippen molar-refractivity contribution in [2.75, 3.05) is 20.2 Å². The summed E-state index contributed by atoms with van der Waals surface area (Å²) in [6.07, 6.45) is 0. The molecule has 0 radical (unpaired) electrons. The summed E-state index contributed by atoms with van der Waals surface area (Å²) in [5.74, 6) is -0.760. The minimum absolute atomic E-state index is 0.0222. The fourth-order valence-electron chi connectivity index (χ4n) is 1.13. The van der Waals surface area contributed by atoms with Gasteiger partial charge in [-0.3, -0.25) is 4.79 Å². The highest BCUT2D eigenvalue weighted by Crippen LogP contribution is 2.25. The molecule has 9 heteroatoms. The maximum Gasteiger partial charge on any atom is 0.277 e. The second-order valence-corrected chi connectivity index (χ2v) is 6.55. The first-order chi connectivity index (χ1) is 7.80. The zero-order chi connectivity index (χ0) is 13.2. The number of aryl methyl sites for hydroxylation is 1. The number of nitrogens with two attached hydrogens (primary N) is 1. The number of thiazole rings is 1. The lowest BCUT2D eigenvalue weighted by Crippen LogP contribution is -2.29. The van der Waals surface area contributed by atoms with E-state index in [4.69, 9.17) is 10.8 Å². The van der Waals surface area contributed by atoms with Gasteiger partial charge in [-0.25, -0.2) is 13.4 Å². The Kier molecular flexibility index (Phi) is 4.20. The molecule has 0 atom stereocenters. The molecule has 7 nitrogen and oxygen atoms in total. The molecule has 1 heterocycles. The van der Waals surface area contributed by atoms with Crippen molar-refractivity contribution in [3.8, 4) is 0 Å². The molecule has 0 bridgehead atoms. The first-order valence-electron chi connectivity index (χ1n) is 4.65. The summed E-state index contributed by atoms with van der Waals surface area (Å²) in [7, 11) is -2.38. The van der Waals surface area contributed by atoms with Crippen LogP contribution in [-0.2, 0) is 10.0 Å². The summed E-state index contributed by atoms with van der Waals surface area (Å²) in [5.41, 5.74) is 5.26. The summed E-state index contributed by atoms with van der Waals surface area (Å²) in [4.78, 5) is 14.7. The number of hydrogen-bond acceptors (Lipinski definition) is 6. The van der Waals surface area contributed by atoms with Gasteiger partial charge in [-0.05, 0) is 6.92 Å². The molecule has 1 amide bonds. The minimum Gasteiger partial charge on any atom is -0.395 e. The molecule has 0 saturated heterocycles. The molecule has 0 aliphatic heterocycles. The monoisotopic (exact) mass is 279 g/mol. The Morgan fingerprint density at radius 2 is 2.18 bits per heavy atom. The highest BCUT2D eigenvalue weighted by atomic mass is 32.2. The van der Waals surface area contributed by atoms with Gasteiger partial charge in [0.2, 0.25) is 0 Å². The third-order valence-electron chi connectivity index (χ3n) is 2.02. The number of sulfonamides is 1. The summed E-state index contributed by atoms with van der Waals surface area (Å²) < 4.78 is 25.0. The first-order valence-corrected chi connectivity index (χ1v) is 6.90. The molecule has 96 valence electrons. The fourth-order valence-corrected chi connectivity index (χ4v) is 3.85. The first kappa shape index (κ1) is 14.0. The number of likely N-dealkylation sites (N-methyl/N-ethyl adjacent to an activating group) is 1. The van der Waals surface area contributed by atoms with Crippen LogP contribution in [0.3, 0.4) is 0 Å². The number of carbonyl (C=O) groups is 1. The third-order valence-corrected chi connectivity index (χ3v) is 5.64. The standard InChI is InChI=1S/C8H13N3O4S2/c1-5-8(16-7(10-5)6(9)13)17(14,15)11(2)3-4-12/h12H,3-4H2,1-2H3,(H2,9,13). The molecule has 1 rings (SSSR count). The minimum atomic E-state index is -3.72. The maximum absolute atomic E-state index is 12.0. The Morgan fingerprint density at radius 1 is 1.59 bits per heavy atom. The molecule has 1 aromatic rings. The van der Waals surface area contributed by atoms with Crippen LogP contribution in [-0.4, -0.2) is 48.9 Å². The molecule has 0 aliphatic carbocycles. The van der Waals surface area contributed by atoms with Crippen LogP contribution in [0.15, 0.2) is 4.21 Å². The zero-order valence-electron chi connectivity index (χ0n) is 9.37. The molecule has 3 N–H and O–H groups in total. The second-order valence-electron chi connectivity index (χ2n) is 3.31. The van der Waals surface area contributed by atoms with Gasteiger partial charge < -0.3 is 10.8 Å². The largest absolute Gasteiger partial charge is 0.395 e. The smallest absolute Gasteiger partial charge is 0.277 e. The van der Waals surface area contributed by atoms with Crippen molar-refractivity contribution in [1.82, 2.24) is 9.29 Å². The molecular weight excluding hydrogens is 266 g/mol. The van der Waals surface area contributed by atoms with Gasteiger partial charge in [0, 0.05) is 13.6 Å². The van der Waals surface area contributed by atoms with Gasteiger partial charge in [0.15, 0.2) is 9.22 Å². The average molecular weight is 279 g/mol. The van der Waals surface area contributed by atoms with Gasteiger partial charge in [0.1, 0.15) is 0 Å². The number of amides is 1. The Balaban J connectivity index is 3.20. The van der Waals surface area contributed by atoms with E-state index in [0.717, 1.165) is 15.6 Å². The topological polar surface area (TPSA) is 114 Å². The van der Waals surface area contributed by atoms with Crippen LogP contribution in [0.4, 0.5) is 0 Å². The molecular formula is C8H13N3O4S2. The number of rotatable bonds is 5. The molecule has 0 spiro atoms. The van der Waals surface area contributed by atoms with Crippen LogP contribution in [0, 0.1) is 6.92 Å². The molecule has 0 saturated carbocycles. The van der Waals surface area contributed by atoms with Crippen LogP contribution in [0.1, 0.15) is 15.5 Å². The lowest BCUT2D eigenvalue weighted by molar-refractivity contribution is 0.1000. The maximum atomic E-state index is 12.0. The van der Waals surface area contributed by atoms with Crippen molar-refractivity contribution in [2.24, 2.45) is 5.73 Å². The molecule has 1 aromatic heterocycles. The SMILES string of the molecule is Cc1nc(C(N)=O)sc1S(=O)(=O)N(C)CCO. The number of aliphatic hydroxyl groups excluding tert-OH is 1. The molecule has 17 heavy (non-hydrogen) atoms. The average Bonchev–Trinajstić information content (AvgIpc) is 2.61. The van der Waals surface area contributed by atoms with E-state index < -0.39 is 15.9 Å². The summed E-state index contributed by atoms with van der Waals surface area (Å²) >= 11 is 0.732. The number of nitrogens with zero attached hydrogens (tertiary/aromatic N) is 2. The van der Waals surface area contributed by atoms with Crippen LogP contribution >= 0.6 is 11.3 Å². The van der Waals surface area contributed by atoms with E-state index in [0.29, 0.717) is 0 Å². The van der Waals surface area contributed by atoms with Gasteiger partial charge in [-0.2, -0.15) is 4.31 Å². The highest BCUT2D eigenvalue weighted by molar-refractivity contribution is 7.91. The Morgan fingerprint density at radius 3 is 2.59 bits per heavy atom. The van der Waals surface area contributed by atoms with Crippen molar-refractivity contribution in [2.45, 2.75) is 11.1 Å². The zero-order valence-corrected chi connectivity index (χ0v) is 11.0. The number of aromatic nitrogens is 1. The Bertz CT molecular complexity index is 523. The van der Waals surface area contributed by atoms with E-state index in [1.807, 2.05) is 0 Å². The summed E-state index contributed by atoms with van der Waals surface area (Å²) in [6, 6.07) is 0.